The van der Waals surface area contributed by atoms with Gasteiger partial charge in [0.05, 0.1) is 32.6 Å². The van der Waals surface area contributed by atoms with E-state index in [4.69, 9.17) is 33.5 Å². The molecule has 0 unspecified atom stereocenters. The third-order valence-corrected chi connectivity index (χ3v) is 7.67. The number of hydrogen-bond acceptors (Lipinski definition) is 10. The maximum atomic E-state index is 13.4. The van der Waals surface area contributed by atoms with E-state index >= 15 is 0 Å². The minimum Gasteiger partial charge on any atom is -0.393 e. The minimum absolute atomic E-state index is 0.189. The molecule has 191 valence electrons. The molecule has 3 heterocycles. The van der Waals surface area contributed by atoms with E-state index in [0.29, 0.717) is 26.9 Å². The number of ketones is 1. The van der Waals surface area contributed by atoms with Crippen LogP contribution in [-0.2, 0) is 10.3 Å². The van der Waals surface area contributed by atoms with E-state index in [0.717, 1.165) is 17.9 Å². The summed E-state index contributed by atoms with van der Waals surface area (Å²) in [7, 11) is -4.42. The largest absolute Gasteiger partial charge is 0.393 e. The molecule has 3 aromatic rings. The van der Waals surface area contributed by atoms with Crippen molar-refractivity contribution in [3.8, 4) is 0 Å². The van der Waals surface area contributed by atoms with Gasteiger partial charge in [0.25, 0.3) is 0 Å². The molecule has 1 fully saturated rings. The first-order valence-corrected chi connectivity index (χ1v) is 13.6. The van der Waals surface area contributed by atoms with Crippen LogP contribution in [0.4, 0.5) is 5.82 Å². The number of halogens is 2. The molecule has 4 atom stereocenters. The highest BCUT2D eigenvalue weighted by molar-refractivity contribution is 7.83. The number of carbonyl (C=O) groups is 1. The van der Waals surface area contributed by atoms with Gasteiger partial charge >= 0.3 is 10.3 Å². The molecule has 1 aliphatic carbocycles. The average molecular weight is 572 g/mol. The lowest BCUT2D eigenvalue weighted by Crippen LogP contribution is -2.27. The Morgan fingerprint density at radius 1 is 1.31 bits per heavy atom. The molecule has 6 N–H and O–H groups in total. The number of nitrogens with two attached hydrogens (primary N) is 1. The zero-order valence-corrected chi connectivity index (χ0v) is 21.5. The van der Waals surface area contributed by atoms with Crippen LogP contribution in [-0.4, -0.2) is 51.0 Å². The smallest absolute Gasteiger partial charge is 0.333 e. The second-order valence-electron chi connectivity index (χ2n) is 8.12. The van der Waals surface area contributed by atoms with E-state index in [2.05, 4.69) is 20.3 Å². The lowest BCUT2D eigenvalue weighted by atomic mass is 10.1. The first kappa shape index (κ1) is 26.8. The Morgan fingerprint density at radius 3 is 2.81 bits per heavy atom. The van der Waals surface area contributed by atoms with Crippen LogP contribution >= 0.6 is 34.5 Å². The summed E-state index contributed by atoms with van der Waals surface area (Å²) in [5.41, 5.74) is 7.54. The lowest BCUT2D eigenvalue weighted by molar-refractivity contribution is 0.104. The average Bonchev–Trinajstić information content (AvgIpc) is 3.38. The van der Waals surface area contributed by atoms with Gasteiger partial charge in [-0.05, 0) is 31.0 Å². The number of hydrogen-bond donors (Lipinski definition) is 5. The lowest BCUT2D eigenvalue weighted by Gasteiger charge is -2.15. The molecule has 15 heteroatoms. The quantitative estimate of drug-likeness (QED) is 0.145. The van der Waals surface area contributed by atoms with Crippen molar-refractivity contribution in [1.82, 2.24) is 19.7 Å². The highest BCUT2D eigenvalue weighted by Crippen LogP contribution is 2.36. The summed E-state index contributed by atoms with van der Waals surface area (Å²) in [6.07, 6.45) is 2.39. The van der Waals surface area contributed by atoms with Gasteiger partial charge in [0.15, 0.2) is 0 Å². The van der Waals surface area contributed by atoms with Gasteiger partial charge in [0.1, 0.15) is 17.3 Å². The van der Waals surface area contributed by atoms with E-state index in [1.165, 1.54) is 12.5 Å². The van der Waals surface area contributed by atoms with Crippen molar-refractivity contribution in [3.63, 3.8) is 0 Å². The van der Waals surface area contributed by atoms with E-state index in [1.807, 2.05) is 4.72 Å². The fourth-order valence-corrected chi connectivity index (χ4v) is 5.74. The van der Waals surface area contributed by atoms with Crippen LogP contribution in [0.2, 0.25) is 9.49 Å². The third kappa shape index (κ3) is 6.36. The molecule has 1 aliphatic rings. The number of pyridine rings is 1. The van der Waals surface area contributed by atoms with Gasteiger partial charge in [-0.3, -0.25) is 9.35 Å². The Morgan fingerprint density at radius 2 is 2.08 bits per heavy atom. The molecule has 1 saturated carbocycles. The first-order valence-electron chi connectivity index (χ1n) is 10.6. The summed E-state index contributed by atoms with van der Waals surface area (Å²) in [5.74, 6) is -0.676. The molecule has 0 amide bonds. The predicted molar refractivity (Wildman–Crippen MR) is 135 cm³/mol. The SMILES string of the molecule is N[C@H](c1cccc(Cl)n1)c1cc(C(=O)c2cncnc2N[C@H]2C[C@H](O)[C@@H]([CH]NS(=O)(=O)O)C2)sc1Cl. The van der Waals surface area contributed by atoms with E-state index in [9.17, 15) is 18.3 Å². The summed E-state index contributed by atoms with van der Waals surface area (Å²) < 4.78 is 32.9. The zero-order valence-electron chi connectivity index (χ0n) is 18.4. The van der Waals surface area contributed by atoms with Crippen LogP contribution in [0.3, 0.4) is 0 Å². The molecule has 0 aromatic carbocycles. The monoisotopic (exact) mass is 571 g/mol. The van der Waals surface area contributed by atoms with Crippen LogP contribution in [0.1, 0.15) is 45.4 Å². The maximum Gasteiger partial charge on any atom is 0.333 e. The zero-order chi connectivity index (χ0) is 26.0. The van der Waals surface area contributed by atoms with Gasteiger partial charge in [-0.25, -0.2) is 15.0 Å². The van der Waals surface area contributed by atoms with Gasteiger partial charge in [0, 0.05) is 30.3 Å². The topological polar surface area (TPSA) is 180 Å². The van der Waals surface area contributed by atoms with Crippen molar-refractivity contribution in [1.29, 1.82) is 0 Å². The van der Waals surface area contributed by atoms with Crippen molar-refractivity contribution in [3.05, 3.63) is 74.5 Å². The molecule has 36 heavy (non-hydrogen) atoms. The van der Waals surface area contributed by atoms with Crippen LogP contribution < -0.4 is 15.8 Å². The van der Waals surface area contributed by atoms with Crippen molar-refractivity contribution in [2.45, 2.75) is 31.0 Å². The number of carbonyl (C=O) groups excluding carboxylic acids is 1. The Labute approximate surface area is 221 Å². The molecule has 0 saturated heterocycles. The summed E-state index contributed by atoms with van der Waals surface area (Å²) in [4.78, 5) is 26.0. The maximum absolute atomic E-state index is 13.4. The predicted octanol–water partition coefficient (Wildman–Crippen LogP) is 2.62. The summed E-state index contributed by atoms with van der Waals surface area (Å²) in [6.45, 7) is 1.13. The van der Waals surface area contributed by atoms with Crippen molar-refractivity contribution in [2.24, 2.45) is 11.7 Å². The molecule has 1 radical (unpaired) electrons. The highest BCUT2D eigenvalue weighted by Gasteiger charge is 2.34. The molecule has 4 rings (SSSR count). The molecule has 11 nitrogen and oxygen atoms in total. The molecular formula is C21H21Cl2N6O5S2. The standard InChI is InChI=1S/C21H21Cl2N6O5S2/c22-17-3-1-2-14(29-17)18(24)12-6-16(35-20(12)23)19(31)13-8-25-9-26-21(13)28-11-4-10(15(30)5-11)7-27-36(32,33)34/h1-3,6-11,15,18,27,30H,4-5,24H2,(H,25,26,28)(H,32,33,34)/t10-,11-,15+,18+/m1/s1. The normalized spacial score (nSPS) is 20.9. The Kier molecular flexibility index (Phi) is 8.22. The van der Waals surface area contributed by atoms with Crippen molar-refractivity contribution < 1.29 is 22.9 Å². The van der Waals surface area contributed by atoms with Gasteiger partial charge in [0.2, 0.25) is 5.78 Å². The van der Waals surface area contributed by atoms with E-state index in [-0.39, 0.29) is 34.8 Å². The molecule has 0 bridgehead atoms. The minimum atomic E-state index is -4.42. The van der Waals surface area contributed by atoms with E-state index < -0.39 is 28.4 Å². The first-order chi connectivity index (χ1) is 17.0. The van der Waals surface area contributed by atoms with Crippen LogP contribution in [0.5, 0.6) is 0 Å². The van der Waals surface area contributed by atoms with Crippen LogP contribution in [0, 0.1) is 12.5 Å². The molecule has 0 spiro atoms. The third-order valence-electron chi connectivity index (χ3n) is 5.63. The number of aliphatic hydroxyl groups excluding tert-OH is 1. The van der Waals surface area contributed by atoms with Crippen molar-refractivity contribution >= 4 is 56.4 Å². The summed E-state index contributed by atoms with van der Waals surface area (Å²) in [6, 6.07) is 5.65. The Bertz CT molecular complexity index is 1370. The number of thiophene rings is 1. The summed E-state index contributed by atoms with van der Waals surface area (Å²) >= 11 is 13.4. The van der Waals surface area contributed by atoms with Gasteiger partial charge in [-0.1, -0.05) is 29.3 Å². The van der Waals surface area contributed by atoms with Crippen LogP contribution in [0.25, 0.3) is 0 Å². The van der Waals surface area contributed by atoms with E-state index in [1.54, 1.807) is 24.3 Å². The number of nitrogens with zero attached hydrogens (tertiary/aromatic N) is 3. The number of aromatic nitrogens is 3. The fraction of sp³-hybridized carbons (Fsp3) is 0.286. The molecule has 0 aliphatic heterocycles. The second-order valence-corrected chi connectivity index (χ2v) is 11.3. The Hall–Kier alpha value is -2.23. The fourth-order valence-electron chi connectivity index (χ4n) is 3.92. The van der Waals surface area contributed by atoms with Gasteiger partial charge in [-0.15, -0.1) is 11.3 Å². The summed E-state index contributed by atoms with van der Waals surface area (Å²) in [5, 5.41) is 13.7. The number of anilines is 1. The van der Waals surface area contributed by atoms with Gasteiger partial charge < -0.3 is 16.2 Å². The number of nitrogens with one attached hydrogen (secondary N) is 2. The Balaban J connectivity index is 1.51. The van der Waals surface area contributed by atoms with Gasteiger partial charge in [-0.2, -0.15) is 13.1 Å². The number of aliphatic hydroxyl groups is 1. The van der Waals surface area contributed by atoms with Crippen molar-refractivity contribution in [2.75, 3.05) is 5.32 Å². The molecule has 3 aromatic heterocycles. The molecular weight excluding hydrogens is 551 g/mol. The number of rotatable bonds is 9. The highest BCUT2D eigenvalue weighted by atomic mass is 35.5. The second kappa shape index (κ2) is 11.0. The van der Waals surface area contributed by atoms with Crippen LogP contribution in [0.15, 0.2) is 36.8 Å².